The first-order chi connectivity index (χ1) is 11.0. The maximum Gasteiger partial charge on any atom is 0.224 e. The molecule has 23 heavy (non-hydrogen) atoms. The van der Waals surface area contributed by atoms with E-state index in [0.717, 1.165) is 16.5 Å². The number of nitrogens with one attached hydrogen (secondary N) is 1. The van der Waals surface area contributed by atoms with Crippen LogP contribution in [-0.4, -0.2) is 27.2 Å². The maximum atomic E-state index is 12.2. The molecule has 0 aliphatic carbocycles. The molecule has 0 aliphatic heterocycles. The van der Waals surface area contributed by atoms with Crippen molar-refractivity contribution in [3.63, 3.8) is 0 Å². The maximum absolute atomic E-state index is 12.2. The van der Waals surface area contributed by atoms with Gasteiger partial charge in [0, 0.05) is 17.5 Å². The fourth-order valence-electron chi connectivity index (χ4n) is 2.51. The van der Waals surface area contributed by atoms with E-state index in [9.17, 15) is 4.79 Å². The summed E-state index contributed by atoms with van der Waals surface area (Å²) >= 11 is 0. The van der Waals surface area contributed by atoms with Crippen LogP contribution in [0.15, 0.2) is 35.5 Å². The highest BCUT2D eigenvalue weighted by Gasteiger charge is 2.13. The molecule has 0 bridgehead atoms. The number of hydrogen-bond acceptors (Lipinski definition) is 4. The summed E-state index contributed by atoms with van der Waals surface area (Å²) in [6.07, 6.45) is 5.11. The van der Waals surface area contributed by atoms with Gasteiger partial charge in [-0.1, -0.05) is 0 Å². The van der Waals surface area contributed by atoms with Gasteiger partial charge in [0.25, 0.3) is 0 Å². The summed E-state index contributed by atoms with van der Waals surface area (Å²) in [6.45, 7) is 6.60. The van der Waals surface area contributed by atoms with Gasteiger partial charge in [-0.05, 0) is 44.0 Å². The molecule has 0 saturated heterocycles. The Labute approximate surface area is 134 Å². The molecule has 3 rings (SSSR count). The third kappa shape index (κ3) is 3.26. The molecule has 0 radical (unpaired) electrons. The van der Waals surface area contributed by atoms with Gasteiger partial charge >= 0.3 is 0 Å². The summed E-state index contributed by atoms with van der Waals surface area (Å²) in [5, 5.41) is 8.01. The van der Waals surface area contributed by atoms with Crippen LogP contribution >= 0.6 is 0 Å². The van der Waals surface area contributed by atoms with Gasteiger partial charge in [-0.2, -0.15) is 5.10 Å². The standard InChI is InChI=1S/C17H20N4O2/c1-11-4-15-14(8-23-16(15)5-12(11)2)6-17(22)19-7-13(3)21-10-18-9-20-21/h4-5,8-10,13H,6-7H2,1-3H3,(H,19,22)/t13-/m0/s1. The number of aryl methyl sites for hydroxylation is 2. The second-order valence-corrected chi connectivity index (χ2v) is 5.90. The lowest BCUT2D eigenvalue weighted by Crippen LogP contribution is -2.30. The summed E-state index contributed by atoms with van der Waals surface area (Å²) in [4.78, 5) is 16.1. The van der Waals surface area contributed by atoms with E-state index in [1.165, 1.54) is 17.5 Å². The van der Waals surface area contributed by atoms with Gasteiger partial charge in [0.05, 0.1) is 18.7 Å². The summed E-state index contributed by atoms with van der Waals surface area (Å²) in [6, 6.07) is 4.15. The van der Waals surface area contributed by atoms with E-state index in [2.05, 4.69) is 35.3 Å². The van der Waals surface area contributed by atoms with Gasteiger partial charge < -0.3 is 9.73 Å². The lowest BCUT2D eigenvalue weighted by atomic mass is 10.0. The van der Waals surface area contributed by atoms with Crippen LogP contribution in [0.5, 0.6) is 0 Å². The van der Waals surface area contributed by atoms with Gasteiger partial charge in [-0.25, -0.2) is 9.67 Å². The van der Waals surface area contributed by atoms with E-state index < -0.39 is 0 Å². The van der Waals surface area contributed by atoms with E-state index in [1.54, 1.807) is 17.3 Å². The number of benzene rings is 1. The van der Waals surface area contributed by atoms with Gasteiger partial charge in [0.1, 0.15) is 18.2 Å². The van der Waals surface area contributed by atoms with E-state index in [4.69, 9.17) is 4.42 Å². The van der Waals surface area contributed by atoms with Crippen molar-refractivity contribution < 1.29 is 9.21 Å². The molecule has 1 atom stereocenters. The average Bonchev–Trinajstić information content (AvgIpc) is 3.17. The number of furan rings is 1. The molecule has 1 N–H and O–H groups in total. The second kappa shape index (κ2) is 6.24. The number of carbonyl (C=O) groups excluding carboxylic acids is 1. The lowest BCUT2D eigenvalue weighted by molar-refractivity contribution is -0.120. The Morgan fingerprint density at radius 2 is 2.13 bits per heavy atom. The summed E-state index contributed by atoms with van der Waals surface area (Å²) in [5.74, 6) is -0.0297. The van der Waals surface area contributed by atoms with Crippen molar-refractivity contribution in [3.05, 3.63) is 47.7 Å². The Hall–Kier alpha value is -2.63. The van der Waals surface area contributed by atoms with Crippen LogP contribution in [-0.2, 0) is 11.2 Å². The SMILES string of the molecule is Cc1cc2occ(CC(=O)NC[C@H](C)n3cncn3)c2cc1C. The molecular weight excluding hydrogens is 292 g/mol. The van der Waals surface area contributed by atoms with E-state index in [1.807, 2.05) is 13.0 Å². The highest BCUT2D eigenvalue weighted by molar-refractivity contribution is 5.88. The molecule has 2 heterocycles. The van der Waals surface area contributed by atoms with Crippen molar-refractivity contribution in [1.82, 2.24) is 20.1 Å². The quantitative estimate of drug-likeness (QED) is 0.786. The zero-order valence-corrected chi connectivity index (χ0v) is 13.5. The topological polar surface area (TPSA) is 73.0 Å². The third-order valence-corrected chi connectivity index (χ3v) is 4.10. The minimum absolute atomic E-state index is 0.0297. The second-order valence-electron chi connectivity index (χ2n) is 5.90. The smallest absolute Gasteiger partial charge is 0.224 e. The molecule has 0 unspecified atom stereocenters. The van der Waals surface area contributed by atoms with Crippen molar-refractivity contribution in [2.24, 2.45) is 0 Å². The minimum atomic E-state index is -0.0297. The van der Waals surface area contributed by atoms with E-state index >= 15 is 0 Å². The normalized spacial score (nSPS) is 12.5. The molecule has 0 saturated carbocycles. The van der Waals surface area contributed by atoms with Crippen LogP contribution < -0.4 is 5.32 Å². The van der Waals surface area contributed by atoms with Gasteiger partial charge in [0.2, 0.25) is 5.91 Å². The Bertz CT molecular complexity index is 821. The molecule has 0 spiro atoms. The Morgan fingerprint density at radius 3 is 2.87 bits per heavy atom. The summed E-state index contributed by atoms with van der Waals surface area (Å²) in [7, 11) is 0. The Balaban J connectivity index is 1.65. The predicted molar refractivity (Wildman–Crippen MR) is 87.1 cm³/mol. The van der Waals surface area contributed by atoms with Crippen molar-refractivity contribution >= 4 is 16.9 Å². The monoisotopic (exact) mass is 312 g/mol. The first kappa shape index (κ1) is 15.3. The number of amides is 1. The van der Waals surface area contributed by atoms with Crippen LogP contribution in [0, 0.1) is 13.8 Å². The molecule has 0 fully saturated rings. The van der Waals surface area contributed by atoms with Crippen molar-refractivity contribution in [2.45, 2.75) is 33.2 Å². The molecule has 1 aromatic carbocycles. The number of nitrogens with zero attached hydrogens (tertiary/aromatic N) is 3. The molecule has 1 amide bonds. The Morgan fingerprint density at radius 1 is 1.35 bits per heavy atom. The van der Waals surface area contributed by atoms with Gasteiger partial charge in [-0.15, -0.1) is 0 Å². The number of aromatic nitrogens is 3. The third-order valence-electron chi connectivity index (χ3n) is 4.10. The van der Waals surface area contributed by atoms with Gasteiger partial charge in [-0.3, -0.25) is 4.79 Å². The van der Waals surface area contributed by atoms with Crippen LogP contribution in [0.3, 0.4) is 0 Å². The van der Waals surface area contributed by atoms with Crippen LogP contribution in [0.4, 0.5) is 0 Å². The number of carbonyl (C=O) groups is 1. The summed E-state index contributed by atoms with van der Waals surface area (Å²) < 4.78 is 7.29. The first-order valence-corrected chi connectivity index (χ1v) is 7.62. The van der Waals surface area contributed by atoms with E-state index in [0.29, 0.717) is 13.0 Å². The molecule has 6 nitrogen and oxygen atoms in total. The van der Waals surface area contributed by atoms with Crippen LogP contribution in [0.2, 0.25) is 0 Å². The highest BCUT2D eigenvalue weighted by Crippen LogP contribution is 2.25. The van der Waals surface area contributed by atoms with Crippen LogP contribution in [0.25, 0.3) is 11.0 Å². The molecular formula is C17H20N4O2. The fraction of sp³-hybridized carbons (Fsp3) is 0.353. The van der Waals surface area contributed by atoms with Crippen molar-refractivity contribution in [2.75, 3.05) is 6.54 Å². The molecule has 3 aromatic rings. The largest absolute Gasteiger partial charge is 0.464 e. The number of fused-ring (bicyclic) bond motifs is 1. The minimum Gasteiger partial charge on any atom is -0.464 e. The zero-order chi connectivity index (χ0) is 16.4. The van der Waals surface area contributed by atoms with E-state index in [-0.39, 0.29) is 11.9 Å². The van der Waals surface area contributed by atoms with Crippen molar-refractivity contribution in [3.8, 4) is 0 Å². The van der Waals surface area contributed by atoms with Crippen molar-refractivity contribution in [1.29, 1.82) is 0 Å². The lowest BCUT2D eigenvalue weighted by Gasteiger charge is -2.12. The molecule has 6 heteroatoms. The predicted octanol–water partition coefficient (Wildman–Crippen LogP) is 2.56. The zero-order valence-electron chi connectivity index (χ0n) is 13.5. The molecule has 0 aliphatic rings. The highest BCUT2D eigenvalue weighted by atomic mass is 16.3. The average molecular weight is 312 g/mol. The fourth-order valence-corrected chi connectivity index (χ4v) is 2.51. The van der Waals surface area contributed by atoms with Crippen LogP contribution in [0.1, 0.15) is 29.7 Å². The first-order valence-electron chi connectivity index (χ1n) is 7.62. The Kier molecular flexibility index (Phi) is 4.14. The molecule has 2 aromatic heterocycles. The number of rotatable bonds is 5. The molecule has 120 valence electrons. The van der Waals surface area contributed by atoms with Gasteiger partial charge in [0.15, 0.2) is 0 Å². The number of hydrogen-bond donors (Lipinski definition) is 1. The summed E-state index contributed by atoms with van der Waals surface area (Å²) in [5.41, 5.74) is 4.12.